The molecule has 1 unspecified atom stereocenters. The van der Waals surface area contributed by atoms with E-state index in [0.29, 0.717) is 11.9 Å². The maximum Gasteiger partial charge on any atom is 0.213 e. The van der Waals surface area contributed by atoms with Gasteiger partial charge in [-0.2, -0.15) is 0 Å². The molecule has 1 fully saturated rings. The van der Waals surface area contributed by atoms with Gasteiger partial charge in [0, 0.05) is 12.1 Å². The van der Waals surface area contributed by atoms with Gasteiger partial charge in [0.05, 0.1) is 19.0 Å². The summed E-state index contributed by atoms with van der Waals surface area (Å²) in [4.78, 5) is 4.18. The van der Waals surface area contributed by atoms with E-state index in [1.807, 2.05) is 18.3 Å². The molecule has 0 saturated heterocycles. The summed E-state index contributed by atoms with van der Waals surface area (Å²) in [6.07, 6.45) is 7.34. The second kappa shape index (κ2) is 5.19. The van der Waals surface area contributed by atoms with Gasteiger partial charge in [0.15, 0.2) is 0 Å². The minimum atomic E-state index is 0.528. The number of nitrogens with one attached hydrogen (secondary N) is 1. The van der Waals surface area contributed by atoms with Crippen LogP contribution in [0, 0.1) is 5.92 Å². The van der Waals surface area contributed by atoms with Crippen LogP contribution in [0.25, 0.3) is 0 Å². The Hall–Kier alpha value is -1.25. The van der Waals surface area contributed by atoms with Gasteiger partial charge < -0.3 is 10.1 Å². The van der Waals surface area contributed by atoms with E-state index in [-0.39, 0.29) is 0 Å². The summed E-state index contributed by atoms with van der Waals surface area (Å²) in [5.74, 6) is 1.60. The second-order valence-electron chi connectivity index (χ2n) is 4.67. The topological polar surface area (TPSA) is 34.1 Å². The zero-order chi connectivity index (χ0) is 11.4. The molecule has 1 heterocycles. The molecule has 1 aliphatic rings. The average Bonchev–Trinajstić information content (AvgIpc) is 2.25. The molecule has 3 heteroatoms. The first kappa shape index (κ1) is 11.2. The van der Waals surface area contributed by atoms with E-state index in [0.717, 1.165) is 11.6 Å². The van der Waals surface area contributed by atoms with Crippen molar-refractivity contribution in [2.75, 3.05) is 12.4 Å². The molecular weight excluding hydrogens is 200 g/mol. The SMILES string of the molecule is COc1ccc(NC(C)CC2CCC2)cn1. The van der Waals surface area contributed by atoms with Crippen LogP contribution < -0.4 is 10.1 Å². The average molecular weight is 220 g/mol. The van der Waals surface area contributed by atoms with Crippen LogP contribution >= 0.6 is 0 Å². The zero-order valence-electron chi connectivity index (χ0n) is 10.1. The lowest BCUT2D eigenvalue weighted by atomic mass is 9.81. The maximum atomic E-state index is 5.03. The molecule has 0 aromatic carbocycles. The van der Waals surface area contributed by atoms with Crippen molar-refractivity contribution in [3.05, 3.63) is 18.3 Å². The number of pyridine rings is 1. The second-order valence-corrected chi connectivity index (χ2v) is 4.67. The fraction of sp³-hybridized carbons (Fsp3) is 0.615. The van der Waals surface area contributed by atoms with Gasteiger partial charge in [0.2, 0.25) is 5.88 Å². The standard InChI is InChI=1S/C13H20N2O/c1-10(8-11-4-3-5-11)15-12-6-7-13(16-2)14-9-12/h6-7,9-11,15H,3-5,8H2,1-2H3. The molecule has 1 aromatic heterocycles. The fourth-order valence-electron chi connectivity index (χ4n) is 2.16. The molecule has 88 valence electrons. The zero-order valence-corrected chi connectivity index (χ0v) is 10.1. The van der Waals surface area contributed by atoms with Gasteiger partial charge in [-0.3, -0.25) is 0 Å². The molecule has 1 saturated carbocycles. The van der Waals surface area contributed by atoms with Crippen molar-refractivity contribution >= 4 is 5.69 Å². The monoisotopic (exact) mass is 220 g/mol. The Labute approximate surface area is 97.2 Å². The molecular formula is C13H20N2O. The summed E-state index contributed by atoms with van der Waals surface area (Å²) in [7, 11) is 1.63. The van der Waals surface area contributed by atoms with Gasteiger partial charge in [-0.15, -0.1) is 0 Å². The number of rotatable bonds is 5. The van der Waals surface area contributed by atoms with Crippen LogP contribution in [0.4, 0.5) is 5.69 Å². The number of ether oxygens (including phenoxy) is 1. The van der Waals surface area contributed by atoms with Crippen LogP contribution in [0.15, 0.2) is 18.3 Å². The highest BCUT2D eigenvalue weighted by molar-refractivity contribution is 5.42. The number of anilines is 1. The van der Waals surface area contributed by atoms with Crippen LogP contribution in [0.5, 0.6) is 5.88 Å². The van der Waals surface area contributed by atoms with Crippen LogP contribution in [0.2, 0.25) is 0 Å². The Balaban J connectivity index is 1.82. The van der Waals surface area contributed by atoms with E-state index in [1.165, 1.54) is 25.7 Å². The van der Waals surface area contributed by atoms with Crippen LogP contribution in [-0.4, -0.2) is 18.1 Å². The molecule has 1 aliphatic carbocycles. The summed E-state index contributed by atoms with van der Waals surface area (Å²) < 4.78 is 5.03. The minimum Gasteiger partial charge on any atom is -0.481 e. The Morgan fingerprint density at radius 1 is 1.50 bits per heavy atom. The Morgan fingerprint density at radius 3 is 2.81 bits per heavy atom. The van der Waals surface area contributed by atoms with Crippen molar-refractivity contribution < 1.29 is 4.74 Å². The fourth-order valence-corrected chi connectivity index (χ4v) is 2.16. The first-order chi connectivity index (χ1) is 7.78. The summed E-state index contributed by atoms with van der Waals surface area (Å²) in [5.41, 5.74) is 1.08. The number of hydrogen-bond acceptors (Lipinski definition) is 3. The number of methoxy groups -OCH3 is 1. The van der Waals surface area contributed by atoms with Gasteiger partial charge in [-0.05, 0) is 25.3 Å². The third-order valence-corrected chi connectivity index (χ3v) is 3.27. The van der Waals surface area contributed by atoms with Gasteiger partial charge >= 0.3 is 0 Å². The van der Waals surface area contributed by atoms with Crippen molar-refractivity contribution in [2.24, 2.45) is 5.92 Å². The first-order valence-corrected chi connectivity index (χ1v) is 6.04. The summed E-state index contributed by atoms with van der Waals surface area (Å²) in [6, 6.07) is 4.43. The highest BCUT2D eigenvalue weighted by atomic mass is 16.5. The van der Waals surface area contributed by atoms with E-state index in [1.54, 1.807) is 7.11 Å². The number of nitrogens with zero attached hydrogens (tertiary/aromatic N) is 1. The minimum absolute atomic E-state index is 0.528. The summed E-state index contributed by atoms with van der Waals surface area (Å²) >= 11 is 0. The summed E-state index contributed by atoms with van der Waals surface area (Å²) in [5, 5.41) is 3.47. The summed E-state index contributed by atoms with van der Waals surface area (Å²) in [6.45, 7) is 2.24. The number of aromatic nitrogens is 1. The molecule has 0 amide bonds. The van der Waals surface area contributed by atoms with Gasteiger partial charge in [0.25, 0.3) is 0 Å². The predicted molar refractivity (Wildman–Crippen MR) is 65.8 cm³/mol. The molecule has 0 radical (unpaired) electrons. The molecule has 0 bridgehead atoms. The smallest absolute Gasteiger partial charge is 0.213 e. The third-order valence-electron chi connectivity index (χ3n) is 3.27. The van der Waals surface area contributed by atoms with Crippen LogP contribution in [0.1, 0.15) is 32.6 Å². The van der Waals surface area contributed by atoms with Crippen molar-refractivity contribution in [3.8, 4) is 5.88 Å². The van der Waals surface area contributed by atoms with E-state index >= 15 is 0 Å². The molecule has 0 aliphatic heterocycles. The Kier molecular flexibility index (Phi) is 3.65. The Bertz CT molecular complexity index is 319. The van der Waals surface area contributed by atoms with E-state index in [2.05, 4.69) is 17.2 Å². The molecule has 1 atom stereocenters. The first-order valence-electron chi connectivity index (χ1n) is 6.04. The van der Waals surface area contributed by atoms with Crippen molar-refractivity contribution in [1.29, 1.82) is 0 Å². The lowest BCUT2D eigenvalue weighted by molar-refractivity contribution is 0.286. The van der Waals surface area contributed by atoms with Crippen molar-refractivity contribution in [3.63, 3.8) is 0 Å². The molecule has 2 rings (SSSR count). The normalized spacial score (nSPS) is 17.6. The van der Waals surface area contributed by atoms with E-state index < -0.39 is 0 Å². The quantitative estimate of drug-likeness (QED) is 0.828. The van der Waals surface area contributed by atoms with Gasteiger partial charge in [0.1, 0.15) is 0 Å². The largest absolute Gasteiger partial charge is 0.481 e. The lowest BCUT2D eigenvalue weighted by Gasteiger charge is -2.28. The van der Waals surface area contributed by atoms with Gasteiger partial charge in [-0.1, -0.05) is 19.3 Å². The third kappa shape index (κ3) is 2.87. The lowest BCUT2D eigenvalue weighted by Crippen LogP contribution is -2.23. The van der Waals surface area contributed by atoms with Crippen molar-refractivity contribution in [2.45, 2.75) is 38.6 Å². The highest BCUT2D eigenvalue weighted by Crippen LogP contribution is 2.31. The van der Waals surface area contributed by atoms with E-state index in [4.69, 9.17) is 4.74 Å². The molecule has 0 spiro atoms. The highest BCUT2D eigenvalue weighted by Gasteiger charge is 2.19. The molecule has 1 N–H and O–H groups in total. The molecule has 1 aromatic rings. The van der Waals surface area contributed by atoms with Crippen LogP contribution in [0.3, 0.4) is 0 Å². The van der Waals surface area contributed by atoms with Gasteiger partial charge in [-0.25, -0.2) is 4.98 Å². The molecule has 16 heavy (non-hydrogen) atoms. The Morgan fingerprint density at radius 2 is 2.31 bits per heavy atom. The van der Waals surface area contributed by atoms with E-state index in [9.17, 15) is 0 Å². The predicted octanol–water partition coefficient (Wildman–Crippen LogP) is 3.08. The van der Waals surface area contributed by atoms with Crippen LogP contribution in [-0.2, 0) is 0 Å². The molecule has 3 nitrogen and oxygen atoms in total. The maximum absolute atomic E-state index is 5.03. The van der Waals surface area contributed by atoms with Crippen molar-refractivity contribution in [1.82, 2.24) is 4.98 Å². The number of hydrogen-bond donors (Lipinski definition) is 1.